The lowest BCUT2D eigenvalue weighted by molar-refractivity contribution is -0.385. The summed E-state index contributed by atoms with van der Waals surface area (Å²) < 4.78 is 0. The molecule has 2 atom stereocenters. The molecule has 0 radical (unpaired) electrons. The van der Waals surface area contributed by atoms with Crippen LogP contribution >= 0.6 is 0 Å². The first kappa shape index (κ1) is 12.0. The zero-order valence-electron chi connectivity index (χ0n) is 10.4. The van der Waals surface area contributed by atoms with Gasteiger partial charge in [0, 0.05) is 11.6 Å². The van der Waals surface area contributed by atoms with Crippen molar-refractivity contribution in [1.82, 2.24) is 0 Å². The van der Waals surface area contributed by atoms with Gasteiger partial charge in [0.2, 0.25) is 0 Å². The molecule has 1 aliphatic carbocycles. The summed E-state index contributed by atoms with van der Waals surface area (Å²) in [5.41, 5.74) is 8.06. The largest absolute Gasteiger partial charge is 0.330 e. The molecule has 1 aromatic carbocycles. The van der Waals surface area contributed by atoms with Gasteiger partial charge in [-0.25, -0.2) is 0 Å². The minimum absolute atomic E-state index is 0.191. The van der Waals surface area contributed by atoms with Crippen LogP contribution in [0.2, 0.25) is 0 Å². The molecule has 0 spiro atoms. The zero-order valence-corrected chi connectivity index (χ0v) is 10.4. The van der Waals surface area contributed by atoms with E-state index in [0.717, 1.165) is 5.56 Å². The van der Waals surface area contributed by atoms with Crippen LogP contribution in [-0.2, 0) is 0 Å². The second-order valence-corrected chi connectivity index (χ2v) is 5.44. The Labute approximate surface area is 101 Å². The summed E-state index contributed by atoms with van der Waals surface area (Å²) in [6, 6.07) is 5.40. The molecule has 1 aliphatic rings. The Morgan fingerprint density at radius 1 is 1.47 bits per heavy atom. The van der Waals surface area contributed by atoms with Crippen LogP contribution in [0.3, 0.4) is 0 Å². The van der Waals surface area contributed by atoms with Crippen LogP contribution in [0.15, 0.2) is 18.2 Å². The molecule has 0 amide bonds. The summed E-state index contributed by atoms with van der Waals surface area (Å²) in [5, 5.41) is 10.8. The maximum Gasteiger partial charge on any atom is 0.272 e. The Kier molecular flexibility index (Phi) is 2.70. The second kappa shape index (κ2) is 3.81. The summed E-state index contributed by atoms with van der Waals surface area (Å²) in [4.78, 5) is 10.4. The number of hydrogen-bond acceptors (Lipinski definition) is 3. The number of hydrogen-bond donors (Lipinski definition) is 1. The minimum atomic E-state index is -0.336. The number of benzene rings is 1. The van der Waals surface area contributed by atoms with Crippen LogP contribution in [-0.4, -0.2) is 11.5 Å². The SMILES string of the molecule is Cc1cc([C@@H]2[C@@H](CN)C2(C)C)ccc1[N+](=O)[O-]. The van der Waals surface area contributed by atoms with Crippen molar-refractivity contribution < 1.29 is 4.92 Å². The van der Waals surface area contributed by atoms with Gasteiger partial charge in [0.05, 0.1) is 4.92 Å². The third kappa shape index (κ3) is 1.82. The summed E-state index contributed by atoms with van der Waals surface area (Å²) in [6.07, 6.45) is 0. The van der Waals surface area contributed by atoms with Crippen molar-refractivity contribution in [2.75, 3.05) is 6.54 Å². The van der Waals surface area contributed by atoms with Crippen LogP contribution in [0.4, 0.5) is 5.69 Å². The van der Waals surface area contributed by atoms with E-state index in [1.54, 1.807) is 13.0 Å². The van der Waals surface area contributed by atoms with E-state index in [9.17, 15) is 10.1 Å². The molecule has 2 rings (SSSR count). The summed E-state index contributed by atoms with van der Waals surface area (Å²) in [6.45, 7) is 6.86. The lowest BCUT2D eigenvalue weighted by Gasteiger charge is -2.04. The molecule has 1 aromatic rings. The highest BCUT2D eigenvalue weighted by atomic mass is 16.6. The smallest absolute Gasteiger partial charge is 0.272 e. The van der Waals surface area contributed by atoms with Crippen molar-refractivity contribution in [1.29, 1.82) is 0 Å². The molecule has 92 valence electrons. The van der Waals surface area contributed by atoms with Crippen molar-refractivity contribution in [3.63, 3.8) is 0 Å². The van der Waals surface area contributed by atoms with Crippen molar-refractivity contribution in [2.45, 2.75) is 26.7 Å². The standard InChI is InChI=1S/C13H18N2O2/c1-8-6-9(4-5-11(8)15(16)17)12-10(7-14)13(12,2)3/h4-6,10,12H,7,14H2,1-3H3/t10-,12-/m1/s1. The molecule has 4 heteroatoms. The van der Waals surface area contributed by atoms with Gasteiger partial charge in [0.25, 0.3) is 5.69 Å². The molecule has 0 bridgehead atoms. The van der Waals surface area contributed by atoms with Crippen LogP contribution in [0.1, 0.15) is 30.9 Å². The van der Waals surface area contributed by atoms with Gasteiger partial charge in [0.15, 0.2) is 0 Å². The van der Waals surface area contributed by atoms with E-state index in [1.165, 1.54) is 5.56 Å². The Morgan fingerprint density at radius 3 is 2.53 bits per heavy atom. The lowest BCUT2D eigenvalue weighted by atomic mass is 10.0. The van der Waals surface area contributed by atoms with Crippen LogP contribution < -0.4 is 5.73 Å². The van der Waals surface area contributed by atoms with E-state index in [0.29, 0.717) is 18.4 Å². The molecule has 1 saturated carbocycles. The molecule has 4 nitrogen and oxygen atoms in total. The topological polar surface area (TPSA) is 69.2 Å². The lowest BCUT2D eigenvalue weighted by Crippen LogP contribution is -2.05. The molecule has 0 heterocycles. The van der Waals surface area contributed by atoms with Crippen molar-refractivity contribution >= 4 is 5.69 Å². The fourth-order valence-corrected chi connectivity index (χ4v) is 2.92. The van der Waals surface area contributed by atoms with Gasteiger partial charge in [0.1, 0.15) is 0 Å². The third-order valence-corrected chi connectivity index (χ3v) is 4.08. The Bertz CT molecular complexity index is 468. The predicted molar refractivity (Wildman–Crippen MR) is 66.9 cm³/mol. The Hall–Kier alpha value is -1.42. The molecule has 0 unspecified atom stereocenters. The second-order valence-electron chi connectivity index (χ2n) is 5.44. The average molecular weight is 234 g/mol. The zero-order chi connectivity index (χ0) is 12.8. The normalized spacial score (nSPS) is 25.6. The first-order valence-corrected chi connectivity index (χ1v) is 5.84. The van der Waals surface area contributed by atoms with Gasteiger partial charge in [-0.2, -0.15) is 0 Å². The summed E-state index contributed by atoms with van der Waals surface area (Å²) in [5.74, 6) is 0.926. The minimum Gasteiger partial charge on any atom is -0.330 e. The highest BCUT2D eigenvalue weighted by Gasteiger charge is 2.57. The van der Waals surface area contributed by atoms with E-state index in [1.807, 2.05) is 12.1 Å². The van der Waals surface area contributed by atoms with E-state index in [2.05, 4.69) is 13.8 Å². The van der Waals surface area contributed by atoms with E-state index >= 15 is 0 Å². The van der Waals surface area contributed by atoms with E-state index in [4.69, 9.17) is 5.73 Å². The first-order valence-electron chi connectivity index (χ1n) is 5.84. The number of nitro benzene ring substituents is 1. The maximum atomic E-state index is 10.8. The molecule has 1 fully saturated rings. The molecule has 2 N–H and O–H groups in total. The number of aryl methyl sites for hydroxylation is 1. The first-order chi connectivity index (χ1) is 7.89. The van der Waals surface area contributed by atoms with Crippen LogP contribution in [0, 0.1) is 28.4 Å². The summed E-state index contributed by atoms with van der Waals surface area (Å²) >= 11 is 0. The fraction of sp³-hybridized carbons (Fsp3) is 0.538. The molecule has 0 saturated heterocycles. The quantitative estimate of drug-likeness (QED) is 0.645. The monoisotopic (exact) mass is 234 g/mol. The average Bonchev–Trinajstić information content (AvgIpc) is 2.79. The van der Waals surface area contributed by atoms with Gasteiger partial charge in [-0.3, -0.25) is 10.1 Å². The Morgan fingerprint density at radius 2 is 2.12 bits per heavy atom. The van der Waals surface area contributed by atoms with E-state index in [-0.39, 0.29) is 16.0 Å². The Balaban J connectivity index is 2.31. The highest BCUT2D eigenvalue weighted by molar-refractivity contribution is 5.45. The van der Waals surface area contributed by atoms with Gasteiger partial charge in [-0.05, 0) is 42.3 Å². The molecule has 0 aromatic heterocycles. The molecular weight excluding hydrogens is 216 g/mol. The maximum absolute atomic E-state index is 10.8. The predicted octanol–water partition coefficient (Wildman–Crippen LogP) is 2.60. The number of nitrogens with two attached hydrogens (primary N) is 1. The third-order valence-electron chi connectivity index (χ3n) is 4.08. The van der Waals surface area contributed by atoms with E-state index < -0.39 is 0 Å². The van der Waals surface area contributed by atoms with Crippen molar-refractivity contribution in [2.24, 2.45) is 17.1 Å². The molecular formula is C13H18N2O2. The van der Waals surface area contributed by atoms with Crippen LogP contribution in [0.25, 0.3) is 0 Å². The van der Waals surface area contributed by atoms with Crippen LogP contribution in [0.5, 0.6) is 0 Å². The molecule has 0 aliphatic heterocycles. The van der Waals surface area contributed by atoms with Gasteiger partial charge in [-0.1, -0.05) is 19.9 Å². The number of nitrogens with zero attached hydrogens (tertiary/aromatic N) is 1. The number of nitro groups is 1. The van der Waals surface area contributed by atoms with Gasteiger partial charge in [-0.15, -0.1) is 0 Å². The number of rotatable bonds is 3. The summed E-state index contributed by atoms with van der Waals surface area (Å²) in [7, 11) is 0. The van der Waals surface area contributed by atoms with Gasteiger partial charge >= 0.3 is 0 Å². The van der Waals surface area contributed by atoms with Gasteiger partial charge < -0.3 is 5.73 Å². The fourth-order valence-electron chi connectivity index (χ4n) is 2.92. The highest BCUT2D eigenvalue weighted by Crippen LogP contribution is 2.63. The van der Waals surface area contributed by atoms with Crippen molar-refractivity contribution in [3.8, 4) is 0 Å². The molecule has 17 heavy (non-hydrogen) atoms. The van der Waals surface area contributed by atoms with Crippen molar-refractivity contribution in [3.05, 3.63) is 39.4 Å².